The highest BCUT2D eigenvalue weighted by atomic mass is 35.5. The second kappa shape index (κ2) is 7.79. The van der Waals surface area contributed by atoms with Crippen LogP contribution in [0.25, 0.3) is 0 Å². The van der Waals surface area contributed by atoms with Crippen molar-refractivity contribution in [3.8, 4) is 17.2 Å². The summed E-state index contributed by atoms with van der Waals surface area (Å²) in [6.45, 7) is 2.67. The van der Waals surface area contributed by atoms with Crippen LogP contribution in [-0.4, -0.2) is 37.7 Å². The standard InChI is InChI=1S/C21H22ClNO4/c1-25-18-8-7-16(22)10-17(18)20(24)14-5-3-9-23(11-14)12-15-4-2-6-19-21(15)27-13-26-19/h2,4,6-8,10,14H,3,5,9,11-13H2,1H3/t14-/m1/s1. The highest BCUT2D eigenvalue weighted by Crippen LogP contribution is 2.36. The van der Waals surface area contributed by atoms with E-state index in [2.05, 4.69) is 11.0 Å². The van der Waals surface area contributed by atoms with Crippen LogP contribution in [0.4, 0.5) is 0 Å². The molecule has 0 aromatic heterocycles. The van der Waals surface area contributed by atoms with E-state index in [1.807, 2.05) is 12.1 Å². The summed E-state index contributed by atoms with van der Waals surface area (Å²) in [7, 11) is 1.57. The Bertz CT molecular complexity index is 854. The maximum absolute atomic E-state index is 13.1. The maximum atomic E-state index is 13.1. The Balaban J connectivity index is 1.49. The van der Waals surface area contributed by atoms with Gasteiger partial charge < -0.3 is 14.2 Å². The third-order valence-electron chi connectivity index (χ3n) is 5.18. The molecule has 1 atom stereocenters. The Morgan fingerprint density at radius 3 is 3.04 bits per heavy atom. The number of methoxy groups -OCH3 is 1. The van der Waals surface area contributed by atoms with Crippen molar-refractivity contribution in [2.75, 3.05) is 27.0 Å². The van der Waals surface area contributed by atoms with Crippen molar-refractivity contribution in [2.45, 2.75) is 19.4 Å². The fourth-order valence-electron chi connectivity index (χ4n) is 3.86. The first-order chi connectivity index (χ1) is 13.2. The number of hydrogen-bond donors (Lipinski definition) is 0. The molecule has 2 aromatic carbocycles. The molecule has 1 fully saturated rings. The van der Waals surface area contributed by atoms with Gasteiger partial charge in [0, 0.05) is 29.6 Å². The fourth-order valence-corrected chi connectivity index (χ4v) is 4.03. The van der Waals surface area contributed by atoms with E-state index >= 15 is 0 Å². The van der Waals surface area contributed by atoms with Crippen LogP contribution in [0.2, 0.25) is 5.02 Å². The van der Waals surface area contributed by atoms with Gasteiger partial charge in [-0.2, -0.15) is 0 Å². The van der Waals surface area contributed by atoms with Gasteiger partial charge in [-0.15, -0.1) is 0 Å². The summed E-state index contributed by atoms with van der Waals surface area (Å²) in [5.41, 5.74) is 1.66. The molecule has 2 aliphatic heterocycles. The number of carbonyl (C=O) groups excluding carboxylic acids is 1. The first-order valence-corrected chi connectivity index (χ1v) is 9.51. The Kier molecular flexibility index (Phi) is 5.23. The van der Waals surface area contributed by atoms with Gasteiger partial charge in [0.2, 0.25) is 6.79 Å². The largest absolute Gasteiger partial charge is 0.496 e. The molecule has 1 saturated heterocycles. The zero-order valence-corrected chi connectivity index (χ0v) is 16.0. The minimum atomic E-state index is -0.0694. The van der Waals surface area contributed by atoms with E-state index in [0.29, 0.717) is 22.9 Å². The summed E-state index contributed by atoms with van der Waals surface area (Å²) in [4.78, 5) is 15.4. The van der Waals surface area contributed by atoms with Gasteiger partial charge >= 0.3 is 0 Å². The molecule has 2 aromatic rings. The third kappa shape index (κ3) is 3.75. The van der Waals surface area contributed by atoms with Crippen LogP contribution < -0.4 is 14.2 Å². The lowest BCUT2D eigenvalue weighted by molar-refractivity contribution is 0.0807. The zero-order valence-electron chi connectivity index (χ0n) is 15.2. The number of hydrogen-bond acceptors (Lipinski definition) is 5. The van der Waals surface area contributed by atoms with Gasteiger partial charge in [-0.05, 0) is 43.7 Å². The lowest BCUT2D eigenvalue weighted by Crippen LogP contribution is -2.38. The van der Waals surface area contributed by atoms with Gasteiger partial charge in [0.1, 0.15) is 5.75 Å². The van der Waals surface area contributed by atoms with Crippen LogP contribution >= 0.6 is 11.6 Å². The van der Waals surface area contributed by atoms with E-state index in [0.717, 1.165) is 43.0 Å². The summed E-state index contributed by atoms with van der Waals surface area (Å²) >= 11 is 6.10. The molecule has 0 aliphatic carbocycles. The second-order valence-electron chi connectivity index (χ2n) is 6.93. The number of Topliss-reactive ketones (excluding diaryl/α,β-unsaturated/α-hetero) is 1. The van der Waals surface area contributed by atoms with Crippen molar-refractivity contribution < 1.29 is 19.0 Å². The van der Waals surface area contributed by atoms with E-state index in [1.54, 1.807) is 25.3 Å². The van der Waals surface area contributed by atoms with Crippen molar-refractivity contribution in [3.05, 3.63) is 52.5 Å². The van der Waals surface area contributed by atoms with E-state index in [1.165, 1.54) is 0 Å². The van der Waals surface area contributed by atoms with Crippen molar-refractivity contribution in [1.29, 1.82) is 0 Å². The van der Waals surface area contributed by atoms with Crippen LogP contribution in [0.5, 0.6) is 17.2 Å². The normalized spacial score (nSPS) is 19.1. The lowest BCUT2D eigenvalue weighted by atomic mass is 9.89. The number of fused-ring (bicyclic) bond motifs is 1. The first kappa shape index (κ1) is 18.1. The van der Waals surface area contributed by atoms with Crippen molar-refractivity contribution in [1.82, 2.24) is 4.90 Å². The molecule has 2 aliphatic rings. The number of benzene rings is 2. The van der Waals surface area contributed by atoms with Gasteiger partial charge in [0.25, 0.3) is 0 Å². The maximum Gasteiger partial charge on any atom is 0.231 e. The second-order valence-corrected chi connectivity index (χ2v) is 7.37. The fraction of sp³-hybridized carbons (Fsp3) is 0.381. The topological polar surface area (TPSA) is 48.0 Å². The number of carbonyl (C=O) groups is 1. The van der Waals surface area contributed by atoms with Crippen molar-refractivity contribution >= 4 is 17.4 Å². The molecule has 4 rings (SSSR count). The Morgan fingerprint density at radius 1 is 1.30 bits per heavy atom. The number of para-hydroxylation sites is 1. The monoisotopic (exact) mass is 387 g/mol. The molecule has 0 radical (unpaired) electrons. The molecule has 0 N–H and O–H groups in total. The summed E-state index contributed by atoms with van der Waals surface area (Å²) in [5, 5.41) is 0.545. The number of rotatable bonds is 5. The Hall–Kier alpha value is -2.24. The van der Waals surface area contributed by atoms with Crippen molar-refractivity contribution in [2.24, 2.45) is 5.92 Å². The molecule has 0 spiro atoms. The molecule has 0 saturated carbocycles. The number of halogens is 1. The zero-order chi connectivity index (χ0) is 18.8. The number of ether oxygens (including phenoxy) is 3. The number of piperidine rings is 1. The van der Waals surface area contributed by atoms with Crippen LogP contribution in [-0.2, 0) is 6.54 Å². The van der Waals surface area contributed by atoms with Crippen LogP contribution in [0.1, 0.15) is 28.8 Å². The van der Waals surface area contributed by atoms with Crippen LogP contribution in [0, 0.1) is 5.92 Å². The first-order valence-electron chi connectivity index (χ1n) is 9.13. The van der Waals surface area contributed by atoms with Crippen LogP contribution in [0.15, 0.2) is 36.4 Å². The van der Waals surface area contributed by atoms with E-state index in [9.17, 15) is 4.79 Å². The number of ketones is 1. The smallest absolute Gasteiger partial charge is 0.231 e. The van der Waals surface area contributed by atoms with Crippen molar-refractivity contribution in [3.63, 3.8) is 0 Å². The molecular weight excluding hydrogens is 366 g/mol. The molecule has 6 heteroatoms. The molecule has 0 bridgehead atoms. The van der Waals surface area contributed by atoms with Crippen LogP contribution in [0.3, 0.4) is 0 Å². The summed E-state index contributed by atoms with van der Waals surface area (Å²) < 4.78 is 16.4. The summed E-state index contributed by atoms with van der Waals surface area (Å²) in [5.74, 6) is 2.22. The Morgan fingerprint density at radius 2 is 2.19 bits per heavy atom. The van der Waals surface area contributed by atoms with E-state index < -0.39 is 0 Å². The third-order valence-corrected chi connectivity index (χ3v) is 5.41. The molecule has 142 valence electrons. The molecule has 0 amide bonds. The van der Waals surface area contributed by atoms with Gasteiger partial charge in [0.15, 0.2) is 17.3 Å². The SMILES string of the molecule is COc1ccc(Cl)cc1C(=O)[C@@H]1CCCN(Cc2cccc3c2OCO3)C1. The van der Waals surface area contributed by atoms with Gasteiger partial charge in [-0.3, -0.25) is 9.69 Å². The molecule has 0 unspecified atom stereocenters. The summed E-state index contributed by atoms with van der Waals surface area (Å²) in [6, 6.07) is 11.1. The highest BCUT2D eigenvalue weighted by Gasteiger charge is 2.29. The molecule has 2 heterocycles. The minimum Gasteiger partial charge on any atom is -0.496 e. The van der Waals surface area contributed by atoms with E-state index in [4.69, 9.17) is 25.8 Å². The Labute approximate surface area is 163 Å². The highest BCUT2D eigenvalue weighted by molar-refractivity contribution is 6.31. The average Bonchev–Trinajstić information content (AvgIpc) is 3.17. The van der Waals surface area contributed by atoms with E-state index in [-0.39, 0.29) is 18.5 Å². The van der Waals surface area contributed by atoms with Gasteiger partial charge in [-0.25, -0.2) is 0 Å². The molecule has 27 heavy (non-hydrogen) atoms. The summed E-state index contributed by atoms with van der Waals surface area (Å²) in [6.07, 6.45) is 1.85. The lowest BCUT2D eigenvalue weighted by Gasteiger charge is -2.32. The average molecular weight is 388 g/mol. The number of likely N-dealkylation sites (tertiary alicyclic amines) is 1. The molecule has 5 nitrogen and oxygen atoms in total. The predicted molar refractivity (Wildman–Crippen MR) is 103 cm³/mol. The predicted octanol–water partition coefficient (Wildman–Crippen LogP) is 4.17. The van der Waals surface area contributed by atoms with Gasteiger partial charge in [-0.1, -0.05) is 23.7 Å². The van der Waals surface area contributed by atoms with Gasteiger partial charge in [0.05, 0.1) is 12.7 Å². The minimum absolute atomic E-state index is 0.0694. The quantitative estimate of drug-likeness (QED) is 0.720. The molecular formula is C21H22ClNO4. The number of nitrogens with zero attached hydrogens (tertiary/aromatic N) is 1.